The number of benzene rings is 2. The average molecular weight is 447 g/mol. The number of aromatic nitrogens is 2. The number of ether oxygens (including phenoxy) is 1. The van der Waals surface area contributed by atoms with Crippen molar-refractivity contribution in [2.75, 3.05) is 5.32 Å². The van der Waals surface area contributed by atoms with Gasteiger partial charge in [0.05, 0.1) is 25.2 Å². The number of fused-ring (bicyclic) bond motifs is 1. The highest BCUT2D eigenvalue weighted by Crippen LogP contribution is 2.31. The van der Waals surface area contributed by atoms with Crippen LogP contribution in [0.5, 0.6) is 0 Å². The molecule has 3 aromatic rings. The zero-order chi connectivity index (χ0) is 23.6. The molecule has 0 radical (unpaired) electrons. The predicted molar refractivity (Wildman–Crippen MR) is 123 cm³/mol. The van der Waals surface area contributed by atoms with Crippen LogP contribution in [0.4, 0.5) is 10.6 Å². The Hall–Kier alpha value is -3.94. The van der Waals surface area contributed by atoms with Gasteiger partial charge in [0, 0.05) is 11.1 Å². The summed E-state index contributed by atoms with van der Waals surface area (Å²) in [5.41, 5.74) is 1.88. The number of anilines is 1. The van der Waals surface area contributed by atoms with E-state index in [9.17, 15) is 14.4 Å². The Bertz CT molecular complexity index is 1180. The number of hydrogen-bond donors (Lipinski definition) is 1. The summed E-state index contributed by atoms with van der Waals surface area (Å²) in [5, 5.41) is 7.22. The van der Waals surface area contributed by atoms with Crippen LogP contribution in [0.3, 0.4) is 0 Å². The number of amides is 2. The Morgan fingerprint density at radius 3 is 2.24 bits per heavy atom. The quantitative estimate of drug-likeness (QED) is 0.646. The van der Waals surface area contributed by atoms with Crippen molar-refractivity contribution < 1.29 is 19.1 Å². The monoisotopic (exact) mass is 446 g/mol. The topological polar surface area (TPSA) is 93.5 Å². The standard InChI is InChI=1S/C25H26N4O4/c1-25(2,3)33-24(32)28-15-19-20(16-28)29(21(30)14-17-10-6-4-7-11-17)27-22(19)26-23(31)18-12-8-5-9-13-18/h4-13H,14-16H2,1-3H3,(H,26,27,31). The Morgan fingerprint density at radius 2 is 1.61 bits per heavy atom. The highest BCUT2D eigenvalue weighted by atomic mass is 16.6. The maximum absolute atomic E-state index is 13.1. The summed E-state index contributed by atoms with van der Waals surface area (Å²) in [6, 6.07) is 18.1. The van der Waals surface area contributed by atoms with Gasteiger partial charge in [0.1, 0.15) is 5.60 Å². The first-order valence-corrected chi connectivity index (χ1v) is 10.7. The van der Waals surface area contributed by atoms with Crippen LogP contribution in [-0.2, 0) is 24.2 Å². The Labute approximate surface area is 192 Å². The van der Waals surface area contributed by atoms with Crippen molar-refractivity contribution in [2.24, 2.45) is 0 Å². The van der Waals surface area contributed by atoms with Gasteiger partial charge in [0.2, 0.25) is 0 Å². The number of nitrogens with one attached hydrogen (secondary N) is 1. The number of hydrogen-bond acceptors (Lipinski definition) is 5. The van der Waals surface area contributed by atoms with Crippen molar-refractivity contribution in [2.45, 2.75) is 45.9 Å². The predicted octanol–water partition coefficient (Wildman–Crippen LogP) is 4.27. The molecule has 1 aliphatic rings. The molecule has 8 nitrogen and oxygen atoms in total. The zero-order valence-electron chi connectivity index (χ0n) is 18.9. The molecule has 0 spiro atoms. The van der Waals surface area contributed by atoms with Crippen LogP contribution in [0.25, 0.3) is 0 Å². The summed E-state index contributed by atoms with van der Waals surface area (Å²) >= 11 is 0. The van der Waals surface area contributed by atoms with E-state index in [1.165, 1.54) is 9.58 Å². The SMILES string of the molecule is CC(C)(C)OC(=O)N1Cc2c(NC(=O)c3ccccc3)nn(C(=O)Cc3ccccc3)c2C1. The van der Waals surface area contributed by atoms with E-state index >= 15 is 0 Å². The molecular weight excluding hydrogens is 420 g/mol. The second-order valence-electron chi connectivity index (χ2n) is 8.90. The van der Waals surface area contributed by atoms with Crippen molar-refractivity contribution in [1.29, 1.82) is 0 Å². The van der Waals surface area contributed by atoms with Crippen LogP contribution in [0, 0.1) is 0 Å². The molecule has 0 bridgehead atoms. The molecule has 1 aliphatic heterocycles. The first-order valence-electron chi connectivity index (χ1n) is 10.7. The van der Waals surface area contributed by atoms with Crippen LogP contribution in [-0.4, -0.2) is 38.2 Å². The minimum Gasteiger partial charge on any atom is -0.444 e. The summed E-state index contributed by atoms with van der Waals surface area (Å²) in [6.07, 6.45) is -0.339. The first kappa shape index (κ1) is 22.3. The molecule has 0 aliphatic carbocycles. The summed E-state index contributed by atoms with van der Waals surface area (Å²) in [4.78, 5) is 40.0. The van der Waals surface area contributed by atoms with Gasteiger partial charge in [-0.3, -0.25) is 14.5 Å². The number of rotatable bonds is 4. The molecule has 0 atom stereocenters. The fourth-order valence-electron chi connectivity index (χ4n) is 3.62. The van der Waals surface area contributed by atoms with Crippen LogP contribution >= 0.6 is 0 Å². The normalized spacial score (nSPS) is 12.9. The Balaban J connectivity index is 1.63. The molecule has 0 fully saturated rings. The number of carbonyl (C=O) groups excluding carboxylic acids is 3. The van der Waals surface area contributed by atoms with E-state index in [0.717, 1.165) is 5.56 Å². The molecule has 170 valence electrons. The summed E-state index contributed by atoms with van der Waals surface area (Å²) in [5.74, 6) is -0.315. The van der Waals surface area contributed by atoms with Gasteiger partial charge in [-0.25, -0.2) is 9.48 Å². The molecule has 2 heterocycles. The molecule has 4 rings (SSSR count). The van der Waals surface area contributed by atoms with E-state index in [0.29, 0.717) is 16.8 Å². The largest absolute Gasteiger partial charge is 0.444 e. The van der Waals surface area contributed by atoms with Crippen LogP contribution < -0.4 is 5.32 Å². The highest BCUT2D eigenvalue weighted by Gasteiger charge is 2.35. The third-order valence-electron chi connectivity index (χ3n) is 5.13. The minimum absolute atomic E-state index is 0.146. The fraction of sp³-hybridized carbons (Fsp3) is 0.280. The van der Waals surface area contributed by atoms with Crippen LogP contribution in [0.1, 0.15) is 52.7 Å². The van der Waals surface area contributed by atoms with Crippen molar-refractivity contribution in [3.05, 3.63) is 83.0 Å². The molecule has 1 aromatic heterocycles. The highest BCUT2D eigenvalue weighted by molar-refractivity contribution is 6.04. The lowest BCUT2D eigenvalue weighted by Gasteiger charge is -2.24. The molecule has 33 heavy (non-hydrogen) atoms. The van der Waals surface area contributed by atoms with Crippen LogP contribution in [0.15, 0.2) is 60.7 Å². The summed E-state index contributed by atoms with van der Waals surface area (Å²) < 4.78 is 6.79. The molecule has 0 unspecified atom stereocenters. The first-order chi connectivity index (χ1) is 15.7. The molecule has 2 amide bonds. The smallest absolute Gasteiger partial charge is 0.410 e. The van der Waals surface area contributed by atoms with Crippen molar-refractivity contribution >= 4 is 23.7 Å². The van der Waals surface area contributed by atoms with E-state index in [1.807, 2.05) is 36.4 Å². The summed E-state index contributed by atoms with van der Waals surface area (Å²) in [7, 11) is 0. The van der Waals surface area contributed by atoms with Crippen LogP contribution in [0.2, 0.25) is 0 Å². The van der Waals surface area contributed by atoms with E-state index in [4.69, 9.17) is 4.74 Å². The Morgan fingerprint density at radius 1 is 0.970 bits per heavy atom. The van der Waals surface area contributed by atoms with Crippen molar-refractivity contribution in [3.8, 4) is 0 Å². The lowest BCUT2D eigenvalue weighted by Crippen LogP contribution is -2.34. The average Bonchev–Trinajstić information content (AvgIpc) is 3.34. The van der Waals surface area contributed by atoms with Crippen molar-refractivity contribution in [3.63, 3.8) is 0 Å². The molecular formula is C25H26N4O4. The Kier molecular flexibility index (Phi) is 6.00. The van der Waals surface area contributed by atoms with Gasteiger partial charge in [-0.1, -0.05) is 48.5 Å². The van der Waals surface area contributed by atoms with Gasteiger partial charge in [-0.15, -0.1) is 5.10 Å². The third kappa shape index (κ3) is 5.11. The third-order valence-corrected chi connectivity index (χ3v) is 5.13. The van der Waals surface area contributed by atoms with Gasteiger partial charge < -0.3 is 10.1 Å². The second-order valence-corrected chi connectivity index (χ2v) is 8.90. The maximum Gasteiger partial charge on any atom is 0.410 e. The van der Waals surface area contributed by atoms with E-state index < -0.39 is 11.7 Å². The minimum atomic E-state index is -0.647. The van der Waals surface area contributed by atoms with Gasteiger partial charge in [0.25, 0.3) is 11.8 Å². The fourth-order valence-corrected chi connectivity index (χ4v) is 3.62. The number of carbonyl (C=O) groups is 3. The molecule has 2 aromatic carbocycles. The van der Waals surface area contributed by atoms with Gasteiger partial charge in [-0.05, 0) is 38.5 Å². The van der Waals surface area contributed by atoms with Crippen molar-refractivity contribution in [1.82, 2.24) is 14.7 Å². The van der Waals surface area contributed by atoms with Gasteiger partial charge >= 0.3 is 6.09 Å². The van der Waals surface area contributed by atoms with E-state index in [1.54, 1.807) is 45.0 Å². The zero-order valence-corrected chi connectivity index (χ0v) is 18.9. The van der Waals surface area contributed by atoms with E-state index in [2.05, 4.69) is 10.4 Å². The lowest BCUT2D eigenvalue weighted by atomic mass is 10.1. The molecule has 8 heteroatoms. The summed E-state index contributed by atoms with van der Waals surface area (Å²) in [6.45, 7) is 5.74. The molecule has 1 N–H and O–H groups in total. The number of nitrogens with zero attached hydrogens (tertiary/aromatic N) is 3. The lowest BCUT2D eigenvalue weighted by molar-refractivity contribution is 0.0237. The van der Waals surface area contributed by atoms with Gasteiger partial charge in [-0.2, -0.15) is 0 Å². The molecule has 0 saturated carbocycles. The van der Waals surface area contributed by atoms with Gasteiger partial charge in [0.15, 0.2) is 5.82 Å². The molecule has 0 saturated heterocycles. The maximum atomic E-state index is 13.1. The van der Waals surface area contributed by atoms with E-state index in [-0.39, 0.29) is 37.1 Å². The second kappa shape index (κ2) is 8.90.